The monoisotopic (exact) mass is 463 g/mol. The zero-order valence-corrected chi connectivity index (χ0v) is 18.7. The van der Waals surface area contributed by atoms with Crippen LogP contribution >= 0.6 is 0 Å². The van der Waals surface area contributed by atoms with Gasteiger partial charge < -0.3 is 14.4 Å². The van der Waals surface area contributed by atoms with E-state index in [2.05, 4.69) is 0 Å². The van der Waals surface area contributed by atoms with Crippen LogP contribution in [-0.2, 0) is 13.1 Å². The molecule has 0 saturated heterocycles. The van der Waals surface area contributed by atoms with Crippen molar-refractivity contribution in [2.75, 3.05) is 13.7 Å². The van der Waals surface area contributed by atoms with E-state index >= 15 is 0 Å². The molecule has 0 aliphatic carbocycles. The summed E-state index contributed by atoms with van der Waals surface area (Å²) >= 11 is 0. The Labute approximate surface area is 195 Å². The van der Waals surface area contributed by atoms with Gasteiger partial charge in [0, 0.05) is 19.2 Å². The van der Waals surface area contributed by atoms with Gasteiger partial charge in [0.2, 0.25) is 0 Å². The number of carbonyl (C=O) groups is 1. The minimum absolute atomic E-state index is 0.00372. The Balaban J connectivity index is 2.06. The maximum atomic E-state index is 13.8. The number of methoxy groups -OCH3 is 1. The first kappa shape index (κ1) is 24.2. The summed E-state index contributed by atoms with van der Waals surface area (Å²) in [4.78, 5) is 26.1. The van der Waals surface area contributed by atoms with E-state index in [1.807, 2.05) is 6.07 Å². The number of hydrogen-bond acceptors (Lipinski definition) is 6. The third-order valence-electron chi connectivity index (χ3n) is 5.02. The number of nitriles is 1. The van der Waals surface area contributed by atoms with Crippen LogP contribution in [0.25, 0.3) is 0 Å². The van der Waals surface area contributed by atoms with Crippen LogP contribution in [0.4, 0.5) is 10.1 Å². The molecule has 0 aliphatic heterocycles. The average Bonchev–Trinajstić information content (AvgIpc) is 2.83. The lowest BCUT2D eigenvalue weighted by molar-refractivity contribution is -0.385. The van der Waals surface area contributed by atoms with Crippen LogP contribution in [0.1, 0.15) is 34.0 Å². The second-order valence-electron chi connectivity index (χ2n) is 7.31. The van der Waals surface area contributed by atoms with Crippen molar-refractivity contribution in [3.8, 4) is 17.6 Å². The molecule has 0 aliphatic rings. The van der Waals surface area contributed by atoms with Gasteiger partial charge in [-0.3, -0.25) is 14.9 Å². The highest BCUT2D eigenvalue weighted by atomic mass is 19.1. The topological polar surface area (TPSA) is 106 Å². The molecule has 0 unspecified atom stereocenters. The predicted molar refractivity (Wildman–Crippen MR) is 122 cm³/mol. The lowest BCUT2D eigenvalue weighted by atomic mass is 10.1. The van der Waals surface area contributed by atoms with E-state index in [-0.39, 0.29) is 36.8 Å². The molecule has 0 spiro atoms. The Kier molecular flexibility index (Phi) is 7.77. The summed E-state index contributed by atoms with van der Waals surface area (Å²) in [6.07, 6.45) is 0. The second kappa shape index (κ2) is 10.9. The van der Waals surface area contributed by atoms with Crippen LogP contribution in [0.15, 0.2) is 60.7 Å². The molecule has 34 heavy (non-hydrogen) atoms. The molecule has 0 radical (unpaired) electrons. The number of ether oxygens (including phenoxy) is 2. The third kappa shape index (κ3) is 5.66. The maximum absolute atomic E-state index is 13.8. The van der Waals surface area contributed by atoms with Crippen LogP contribution < -0.4 is 9.47 Å². The van der Waals surface area contributed by atoms with Gasteiger partial charge in [-0.05, 0) is 42.3 Å². The first-order chi connectivity index (χ1) is 16.4. The van der Waals surface area contributed by atoms with Gasteiger partial charge in [0.05, 0.1) is 36.3 Å². The first-order valence-electron chi connectivity index (χ1n) is 10.4. The maximum Gasteiger partial charge on any atom is 0.286 e. The molecule has 3 rings (SSSR count). The van der Waals surface area contributed by atoms with Crippen molar-refractivity contribution in [3.63, 3.8) is 0 Å². The van der Waals surface area contributed by atoms with E-state index in [0.29, 0.717) is 16.7 Å². The van der Waals surface area contributed by atoms with Crippen LogP contribution in [0.3, 0.4) is 0 Å². The summed E-state index contributed by atoms with van der Waals surface area (Å²) < 4.78 is 24.5. The van der Waals surface area contributed by atoms with Crippen molar-refractivity contribution in [2.45, 2.75) is 20.0 Å². The normalized spacial score (nSPS) is 10.3. The number of nitrogens with zero attached hydrogens (tertiary/aromatic N) is 3. The molecule has 3 aromatic rings. The zero-order valence-electron chi connectivity index (χ0n) is 18.7. The van der Waals surface area contributed by atoms with E-state index in [0.717, 1.165) is 6.07 Å². The van der Waals surface area contributed by atoms with Gasteiger partial charge in [-0.15, -0.1) is 0 Å². The quantitative estimate of drug-likeness (QED) is 0.332. The third-order valence-corrected chi connectivity index (χ3v) is 5.02. The van der Waals surface area contributed by atoms with E-state index < -0.39 is 22.3 Å². The van der Waals surface area contributed by atoms with Crippen molar-refractivity contribution in [2.24, 2.45) is 0 Å². The molecule has 0 saturated carbocycles. The fourth-order valence-electron chi connectivity index (χ4n) is 3.43. The van der Waals surface area contributed by atoms with Crippen LogP contribution in [0, 0.1) is 27.3 Å². The van der Waals surface area contributed by atoms with Crippen LogP contribution in [-0.4, -0.2) is 29.4 Å². The summed E-state index contributed by atoms with van der Waals surface area (Å²) in [7, 11) is 1.35. The fourth-order valence-corrected chi connectivity index (χ4v) is 3.43. The average molecular weight is 463 g/mol. The Morgan fingerprint density at radius 3 is 2.38 bits per heavy atom. The number of hydrogen-bond donors (Lipinski definition) is 0. The van der Waals surface area contributed by atoms with Crippen LogP contribution in [0.2, 0.25) is 0 Å². The highest BCUT2D eigenvalue weighted by molar-refractivity contribution is 5.99. The highest BCUT2D eigenvalue weighted by Crippen LogP contribution is 2.35. The molecule has 174 valence electrons. The Morgan fingerprint density at radius 1 is 1.09 bits per heavy atom. The highest BCUT2D eigenvalue weighted by Gasteiger charge is 2.28. The van der Waals surface area contributed by atoms with Gasteiger partial charge in [-0.2, -0.15) is 5.26 Å². The summed E-state index contributed by atoms with van der Waals surface area (Å²) in [6, 6.07) is 16.9. The standard InChI is InChI=1S/C25H22FN3O5/c1-3-34-24-12-21(22(29(31)32)13-23(24)33-2)25(30)28(16-19-5-4-6-20(26)11-19)15-18-9-7-17(14-27)8-10-18/h4-13H,3,15-16H2,1-2H3. The van der Waals surface area contributed by atoms with Crippen molar-refractivity contribution in [1.29, 1.82) is 5.26 Å². The van der Waals surface area contributed by atoms with Crippen molar-refractivity contribution in [3.05, 3.63) is 98.8 Å². The van der Waals surface area contributed by atoms with E-state index in [9.17, 15) is 19.3 Å². The summed E-state index contributed by atoms with van der Waals surface area (Å²) in [5.74, 6) is -0.766. The van der Waals surface area contributed by atoms with Crippen molar-refractivity contribution >= 4 is 11.6 Å². The number of halogens is 1. The lowest BCUT2D eigenvalue weighted by Gasteiger charge is -2.24. The molecule has 0 atom stereocenters. The Hall–Kier alpha value is -4.45. The molecule has 0 aromatic heterocycles. The van der Waals surface area contributed by atoms with Crippen LogP contribution in [0.5, 0.6) is 11.5 Å². The number of nitro benzene ring substituents is 1. The SMILES string of the molecule is CCOc1cc(C(=O)N(Cc2ccc(C#N)cc2)Cc2cccc(F)c2)c([N+](=O)[O-])cc1OC. The minimum Gasteiger partial charge on any atom is -0.493 e. The van der Waals surface area contributed by atoms with Gasteiger partial charge in [0.15, 0.2) is 11.5 Å². The fraction of sp³-hybridized carbons (Fsp3) is 0.200. The van der Waals surface area contributed by atoms with E-state index in [1.54, 1.807) is 37.3 Å². The molecular weight excluding hydrogens is 441 g/mol. The molecule has 0 fully saturated rings. The van der Waals surface area contributed by atoms with Gasteiger partial charge in [-0.25, -0.2) is 4.39 Å². The minimum atomic E-state index is -0.659. The number of benzene rings is 3. The summed E-state index contributed by atoms with van der Waals surface area (Å²) in [5, 5.41) is 20.8. The molecule has 8 nitrogen and oxygen atoms in total. The van der Waals surface area contributed by atoms with Gasteiger partial charge in [0.1, 0.15) is 11.4 Å². The van der Waals surface area contributed by atoms with Gasteiger partial charge >= 0.3 is 0 Å². The molecular formula is C25H22FN3O5. The largest absolute Gasteiger partial charge is 0.493 e. The summed E-state index contributed by atoms with van der Waals surface area (Å²) in [6.45, 7) is 2.08. The van der Waals surface area contributed by atoms with Gasteiger partial charge in [0.25, 0.3) is 11.6 Å². The Morgan fingerprint density at radius 2 is 1.79 bits per heavy atom. The molecule has 0 heterocycles. The van der Waals surface area contributed by atoms with Crippen molar-refractivity contribution < 1.29 is 23.6 Å². The predicted octanol–water partition coefficient (Wildman–Crippen LogP) is 4.86. The van der Waals surface area contributed by atoms with Gasteiger partial charge in [-0.1, -0.05) is 24.3 Å². The molecule has 0 bridgehead atoms. The van der Waals surface area contributed by atoms with E-state index in [1.165, 1.54) is 36.3 Å². The molecule has 1 amide bonds. The zero-order chi connectivity index (χ0) is 24.7. The van der Waals surface area contributed by atoms with Crippen molar-refractivity contribution in [1.82, 2.24) is 4.90 Å². The van der Waals surface area contributed by atoms with E-state index in [4.69, 9.17) is 14.7 Å². The number of amides is 1. The second-order valence-corrected chi connectivity index (χ2v) is 7.31. The first-order valence-corrected chi connectivity index (χ1v) is 10.4. The lowest BCUT2D eigenvalue weighted by Crippen LogP contribution is -2.30. The molecule has 9 heteroatoms. The number of nitro groups is 1. The molecule has 3 aromatic carbocycles. The number of carbonyl (C=O) groups excluding carboxylic acids is 1. The Bertz CT molecular complexity index is 1240. The number of rotatable bonds is 9. The molecule has 0 N–H and O–H groups in total. The summed E-state index contributed by atoms with van der Waals surface area (Å²) in [5.41, 5.74) is 1.06. The smallest absolute Gasteiger partial charge is 0.286 e.